The second kappa shape index (κ2) is 6.31. The average molecular weight is 383 g/mol. The van der Waals surface area contributed by atoms with Gasteiger partial charge in [0.2, 0.25) is 0 Å². The zero-order valence-corrected chi connectivity index (χ0v) is 15.9. The normalized spacial score (nSPS) is 11.4. The van der Waals surface area contributed by atoms with Gasteiger partial charge in [0.15, 0.2) is 0 Å². The van der Waals surface area contributed by atoms with E-state index >= 15 is 0 Å². The van der Waals surface area contributed by atoms with Gasteiger partial charge in [0.25, 0.3) is 5.56 Å². The maximum atomic E-state index is 13.2. The summed E-state index contributed by atoms with van der Waals surface area (Å²) in [6, 6.07) is 18.6. The molecule has 2 heterocycles. The molecule has 5 aromatic rings. The van der Waals surface area contributed by atoms with Gasteiger partial charge in [-0.25, -0.2) is 9.36 Å². The maximum absolute atomic E-state index is 13.2. The topological polar surface area (TPSA) is 80.9 Å². The summed E-state index contributed by atoms with van der Waals surface area (Å²) >= 11 is 0. The fourth-order valence-electron chi connectivity index (χ4n) is 3.89. The third kappa shape index (κ3) is 2.61. The molecular weight excluding hydrogens is 366 g/mol. The van der Waals surface area contributed by atoms with Crippen molar-refractivity contribution < 1.29 is 4.52 Å². The van der Waals surface area contributed by atoms with Gasteiger partial charge in [-0.1, -0.05) is 47.6 Å². The van der Waals surface area contributed by atoms with Crippen molar-refractivity contribution in [3.63, 3.8) is 0 Å². The summed E-state index contributed by atoms with van der Waals surface area (Å²) in [5, 5.41) is 6.22. The van der Waals surface area contributed by atoms with Crippen LogP contribution in [-0.4, -0.2) is 14.7 Å². The summed E-state index contributed by atoms with van der Waals surface area (Å²) in [4.78, 5) is 29.0. The van der Waals surface area contributed by atoms with E-state index in [1.807, 2.05) is 56.3 Å². The first-order valence-electron chi connectivity index (χ1n) is 9.25. The predicted molar refractivity (Wildman–Crippen MR) is 113 cm³/mol. The Balaban J connectivity index is 1.79. The maximum Gasteiger partial charge on any atom is 0.333 e. The molecule has 29 heavy (non-hydrogen) atoms. The number of aromatic nitrogens is 3. The zero-order valence-electron chi connectivity index (χ0n) is 15.9. The molecule has 2 aromatic heterocycles. The van der Waals surface area contributed by atoms with Crippen LogP contribution in [0.1, 0.15) is 11.5 Å². The molecule has 6 heteroatoms. The first-order valence-corrected chi connectivity index (χ1v) is 9.25. The van der Waals surface area contributed by atoms with Crippen LogP contribution in [0.3, 0.4) is 0 Å². The summed E-state index contributed by atoms with van der Waals surface area (Å²) in [6.07, 6.45) is 0. The number of benzene rings is 3. The molecular formula is C23H17N3O3. The monoisotopic (exact) mass is 383 g/mol. The fourth-order valence-corrected chi connectivity index (χ4v) is 3.89. The number of fused-ring (bicyclic) bond motifs is 2. The van der Waals surface area contributed by atoms with Crippen molar-refractivity contribution in [2.75, 3.05) is 0 Å². The van der Waals surface area contributed by atoms with Gasteiger partial charge in [-0.05, 0) is 43.0 Å². The van der Waals surface area contributed by atoms with Crippen LogP contribution in [0.25, 0.3) is 38.5 Å². The van der Waals surface area contributed by atoms with E-state index in [-0.39, 0.29) is 5.56 Å². The van der Waals surface area contributed by atoms with Crippen LogP contribution in [0.15, 0.2) is 74.8 Å². The molecule has 6 nitrogen and oxygen atoms in total. The molecule has 0 fully saturated rings. The van der Waals surface area contributed by atoms with Crippen LogP contribution in [0.2, 0.25) is 0 Å². The quantitative estimate of drug-likeness (QED) is 0.498. The van der Waals surface area contributed by atoms with Crippen molar-refractivity contribution in [2.45, 2.75) is 13.8 Å². The lowest BCUT2D eigenvalue weighted by Gasteiger charge is -2.10. The highest BCUT2D eigenvalue weighted by Gasteiger charge is 2.15. The van der Waals surface area contributed by atoms with Crippen LogP contribution < -0.4 is 11.2 Å². The molecule has 0 amide bonds. The Morgan fingerprint density at radius 3 is 2.52 bits per heavy atom. The summed E-state index contributed by atoms with van der Waals surface area (Å²) in [5.41, 5.74) is 2.67. The SMILES string of the molecule is Cc1noc(C)c1-c1ccc2c(=O)n(-c3cccc4ccccc34)c(=O)[nH]c2c1. The van der Waals surface area contributed by atoms with Crippen LogP contribution in [-0.2, 0) is 0 Å². The third-order valence-corrected chi connectivity index (χ3v) is 5.23. The number of nitrogens with zero attached hydrogens (tertiary/aromatic N) is 2. The minimum atomic E-state index is -0.477. The van der Waals surface area contributed by atoms with Crippen molar-refractivity contribution in [2.24, 2.45) is 0 Å². The predicted octanol–water partition coefficient (Wildman–Crippen LogP) is 4.10. The Labute approximate surface area is 165 Å². The van der Waals surface area contributed by atoms with Gasteiger partial charge in [-0.2, -0.15) is 0 Å². The number of rotatable bonds is 2. The molecule has 5 rings (SSSR count). The van der Waals surface area contributed by atoms with Crippen molar-refractivity contribution in [1.82, 2.24) is 14.7 Å². The molecule has 0 aliphatic carbocycles. The lowest BCUT2D eigenvalue weighted by atomic mass is 10.0. The molecule has 0 saturated carbocycles. The first kappa shape index (κ1) is 17.2. The summed E-state index contributed by atoms with van der Waals surface area (Å²) in [5.74, 6) is 0.688. The van der Waals surface area contributed by atoms with Crippen molar-refractivity contribution in [3.05, 3.63) is 93.0 Å². The van der Waals surface area contributed by atoms with Crippen LogP contribution >= 0.6 is 0 Å². The number of hydrogen-bond donors (Lipinski definition) is 1. The molecule has 142 valence electrons. The molecule has 0 atom stereocenters. The lowest BCUT2D eigenvalue weighted by molar-refractivity contribution is 0.393. The van der Waals surface area contributed by atoms with E-state index in [2.05, 4.69) is 10.1 Å². The van der Waals surface area contributed by atoms with Crippen molar-refractivity contribution >= 4 is 21.7 Å². The van der Waals surface area contributed by atoms with Gasteiger partial charge in [0, 0.05) is 10.9 Å². The fraction of sp³-hybridized carbons (Fsp3) is 0.0870. The Morgan fingerprint density at radius 1 is 0.931 bits per heavy atom. The highest BCUT2D eigenvalue weighted by atomic mass is 16.5. The Bertz CT molecular complexity index is 1500. The van der Waals surface area contributed by atoms with E-state index in [9.17, 15) is 9.59 Å². The van der Waals surface area contributed by atoms with Gasteiger partial charge < -0.3 is 9.51 Å². The van der Waals surface area contributed by atoms with Crippen molar-refractivity contribution in [3.8, 4) is 16.8 Å². The van der Waals surface area contributed by atoms with Gasteiger partial charge in [0.05, 0.1) is 22.3 Å². The van der Waals surface area contributed by atoms with Crippen LogP contribution in [0.4, 0.5) is 0 Å². The molecule has 3 aromatic carbocycles. The number of H-pyrrole nitrogens is 1. The van der Waals surface area contributed by atoms with Gasteiger partial charge in [-0.3, -0.25) is 4.79 Å². The largest absolute Gasteiger partial charge is 0.361 e. The molecule has 0 spiro atoms. The smallest absolute Gasteiger partial charge is 0.333 e. The van der Waals surface area contributed by atoms with E-state index in [1.165, 1.54) is 4.57 Å². The molecule has 0 aliphatic heterocycles. The number of aromatic amines is 1. The Hall–Kier alpha value is -3.93. The average Bonchev–Trinajstić information content (AvgIpc) is 3.06. The highest BCUT2D eigenvalue weighted by molar-refractivity contribution is 5.91. The molecule has 0 unspecified atom stereocenters. The molecule has 0 bridgehead atoms. The second-order valence-corrected chi connectivity index (χ2v) is 7.03. The molecule has 0 radical (unpaired) electrons. The zero-order chi connectivity index (χ0) is 20.1. The van der Waals surface area contributed by atoms with E-state index < -0.39 is 5.69 Å². The third-order valence-electron chi connectivity index (χ3n) is 5.23. The standard InChI is InChI=1S/C23H17N3O3/c1-13-21(14(2)29-25-13)16-10-11-18-19(12-16)24-23(28)26(22(18)27)20-9-5-7-15-6-3-4-8-17(15)20/h3-12H,1-2H3,(H,24,28). The highest BCUT2D eigenvalue weighted by Crippen LogP contribution is 2.28. The van der Waals surface area contributed by atoms with Crippen LogP contribution in [0, 0.1) is 13.8 Å². The Morgan fingerprint density at radius 2 is 1.72 bits per heavy atom. The number of nitrogens with one attached hydrogen (secondary N) is 1. The number of aryl methyl sites for hydroxylation is 2. The van der Waals surface area contributed by atoms with Gasteiger partial charge in [-0.15, -0.1) is 0 Å². The lowest BCUT2D eigenvalue weighted by Crippen LogP contribution is -2.33. The van der Waals surface area contributed by atoms with Crippen molar-refractivity contribution in [1.29, 1.82) is 0 Å². The Kier molecular flexibility index (Phi) is 3.74. The second-order valence-electron chi connectivity index (χ2n) is 7.03. The molecule has 1 N–H and O–H groups in total. The van der Waals surface area contributed by atoms with Crippen LogP contribution in [0.5, 0.6) is 0 Å². The summed E-state index contributed by atoms with van der Waals surface area (Å²) in [6.45, 7) is 3.69. The van der Waals surface area contributed by atoms with E-state index in [0.29, 0.717) is 22.4 Å². The first-order chi connectivity index (χ1) is 14.0. The molecule has 0 aliphatic rings. The minimum absolute atomic E-state index is 0.356. The van der Waals surface area contributed by atoms with E-state index in [1.54, 1.807) is 18.2 Å². The summed E-state index contributed by atoms with van der Waals surface area (Å²) in [7, 11) is 0. The minimum Gasteiger partial charge on any atom is -0.361 e. The molecule has 0 saturated heterocycles. The van der Waals surface area contributed by atoms with E-state index in [0.717, 1.165) is 27.6 Å². The summed E-state index contributed by atoms with van der Waals surface area (Å²) < 4.78 is 6.43. The number of hydrogen-bond acceptors (Lipinski definition) is 4. The van der Waals surface area contributed by atoms with Gasteiger partial charge >= 0.3 is 5.69 Å². The van der Waals surface area contributed by atoms with Gasteiger partial charge in [0.1, 0.15) is 5.76 Å². The van der Waals surface area contributed by atoms with E-state index in [4.69, 9.17) is 4.52 Å².